The van der Waals surface area contributed by atoms with Crippen LogP contribution in [0.25, 0.3) is 0 Å². The lowest BCUT2D eigenvalue weighted by Crippen LogP contribution is -2.33. The zero-order chi connectivity index (χ0) is 12.0. The molecule has 0 radical (unpaired) electrons. The van der Waals surface area contributed by atoms with Crippen LogP contribution in [-0.4, -0.2) is 69.3 Å². The zero-order valence-corrected chi connectivity index (χ0v) is 10.5. The molecule has 1 heterocycles. The second kappa shape index (κ2) is 6.70. The number of carbonyl (C=O) groups excluding carboxylic acids is 1. The van der Waals surface area contributed by atoms with Gasteiger partial charge in [0.2, 0.25) is 0 Å². The van der Waals surface area contributed by atoms with Gasteiger partial charge in [0.25, 0.3) is 0 Å². The van der Waals surface area contributed by atoms with Crippen LogP contribution in [0.2, 0.25) is 0 Å². The van der Waals surface area contributed by atoms with Crippen LogP contribution in [0.15, 0.2) is 0 Å². The molecule has 94 valence electrons. The highest BCUT2D eigenvalue weighted by Gasteiger charge is 2.20. The average molecular weight is 229 g/mol. The standard InChI is InChI=1S/C11H23N3O2/c1-13(2)7-4-8-14(3)11(15)16-10-5-6-12-9-10/h10,12H,4-9H2,1-3H3. The van der Waals surface area contributed by atoms with Crippen LogP contribution < -0.4 is 5.32 Å². The Morgan fingerprint density at radius 2 is 2.12 bits per heavy atom. The Bertz CT molecular complexity index is 215. The van der Waals surface area contributed by atoms with Crippen LogP contribution in [0.1, 0.15) is 12.8 Å². The van der Waals surface area contributed by atoms with E-state index in [1.54, 1.807) is 11.9 Å². The molecule has 1 saturated heterocycles. The molecule has 1 atom stereocenters. The summed E-state index contributed by atoms with van der Waals surface area (Å²) in [6.07, 6.45) is 1.76. The largest absolute Gasteiger partial charge is 0.445 e. The fraction of sp³-hybridized carbons (Fsp3) is 0.909. The van der Waals surface area contributed by atoms with E-state index in [9.17, 15) is 4.79 Å². The van der Waals surface area contributed by atoms with E-state index in [0.29, 0.717) is 0 Å². The molecule has 0 aromatic heterocycles. The first-order chi connectivity index (χ1) is 7.59. The van der Waals surface area contributed by atoms with Crippen molar-refractivity contribution < 1.29 is 9.53 Å². The highest BCUT2D eigenvalue weighted by atomic mass is 16.6. The number of carbonyl (C=O) groups is 1. The van der Waals surface area contributed by atoms with Crippen LogP contribution in [0.3, 0.4) is 0 Å². The van der Waals surface area contributed by atoms with Gasteiger partial charge in [0.1, 0.15) is 6.10 Å². The molecule has 1 aliphatic heterocycles. The SMILES string of the molecule is CN(C)CCCN(C)C(=O)OC1CCNC1. The molecular formula is C11H23N3O2. The van der Waals surface area contributed by atoms with E-state index in [1.807, 2.05) is 14.1 Å². The number of nitrogens with one attached hydrogen (secondary N) is 1. The van der Waals surface area contributed by atoms with E-state index in [2.05, 4.69) is 10.2 Å². The summed E-state index contributed by atoms with van der Waals surface area (Å²) in [6.45, 7) is 3.47. The summed E-state index contributed by atoms with van der Waals surface area (Å²) in [4.78, 5) is 15.4. The minimum Gasteiger partial charge on any atom is -0.445 e. The molecule has 0 saturated carbocycles. The summed E-state index contributed by atoms with van der Waals surface area (Å²) in [5.41, 5.74) is 0. The summed E-state index contributed by atoms with van der Waals surface area (Å²) in [7, 11) is 5.85. The van der Waals surface area contributed by atoms with Gasteiger partial charge in [-0.1, -0.05) is 0 Å². The van der Waals surface area contributed by atoms with Crippen molar-refractivity contribution in [2.75, 3.05) is 47.3 Å². The summed E-state index contributed by atoms with van der Waals surface area (Å²) in [5.74, 6) is 0. The average Bonchev–Trinajstić information content (AvgIpc) is 2.69. The smallest absolute Gasteiger partial charge is 0.409 e. The van der Waals surface area contributed by atoms with E-state index in [0.717, 1.165) is 39.0 Å². The highest BCUT2D eigenvalue weighted by Crippen LogP contribution is 2.05. The Balaban J connectivity index is 2.14. The van der Waals surface area contributed by atoms with Gasteiger partial charge in [-0.2, -0.15) is 0 Å². The van der Waals surface area contributed by atoms with Gasteiger partial charge < -0.3 is 19.9 Å². The van der Waals surface area contributed by atoms with Gasteiger partial charge in [-0.05, 0) is 40.0 Å². The highest BCUT2D eigenvalue weighted by molar-refractivity contribution is 5.67. The Kier molecular flexibility index (Phi) is 5.55. The van der Waals surface area contributed by atoms with Crippen LogP contribution in [0, 0.1) is 0 Å². The molecule has 0 aliphatic carbocycles. The molecule has 0 aromatic carbocycles. The van der Waals surface area contributed by atoms with Gasteiger partial charge in [-0.3, -0.25) is 0 Å². The molecule has 1 N–H and O–H groups in total. The lowest BCUT2D eigenvalue weighted by Gasteiger charge is -2.20. The summed E-state index contributed by atoms with van der Waals surface area (Å²) in [5, 5.41) is 3.17. The lowest BCUT2D eigenvalue weighted by atomic mass is 10.3. The quantitative estimate of drug-likeness (QED) is 0.740. The molecule has 5 heteroatoms. The molecule has 0 bridgehead atoms. The first-order valence-electron chi connectivity index (χ1n) is 5.87. The maximum absolute atomic E-state index is 11.6. The van der Waals surface area contributed by atoms with Crippen LogP contribution >= 0.6 is 0 Å². The first-order valence-corrected chi connectivity index (χ1v) is 5.87. The number of hydrogen-bond acceptors (Lipinski definition) is 4. The Morgan fingerprint density at radius 1 is 1.38 bits per heavy atom. The fourth-order valence-electron chi connectivity index (χ4n) is 1.68. The third-order valence-corrected chi connectivity index (χ3v) is 2.69. The van der Waals surface area contributed by atoms with Crippen molar-refractivity contribution in [1.82, 2.24) is 15.1 Å². The second-order valence-corrected chi connectivity index (χ2v) is 4.58. The van der Waals surface area contributed by atoms with Crippen molar-refractivity contribution in [3.63, 3.8) is 0 Å². The van der Waals surface area contributed by atoms with Crippen LogP contribution in [0.4, 0.5) is 4.79 Å². The maximum Gasteiger partial charge on any atom is 0.409 e. The molecule has 1 amide bonds. The van der Waals surface area contributed by atoms with Gasteiger partial charge in [-0.25, -0.2) is 4.79 Å². The Morgan fingerprint density at radius 3 is 2.69 bits per heavy atom. The fourth-order valence-corrected chi connectivity index (χ4v) is 1.68. The topological polar surface area (TPSA) is 44.8 Å². The number of rotatable bonds is 5. The van der Waals surface area contributed by atoms with Crippen molar-refractivity contribution in [2.45, 2.75) is 18.9 Å². The number of amides is 1. The molecule has 0 spiro atoms. The van der Waals surface area contributed by atoms with Gasteiger partial charge in [-0.15, -0.1) is 0 Å². The lowest BCUT2D eigenvalue weighted by molar-refractivity contribution is 0.0765. The van der Waals surface area contributed by atoms with Gasteiger partial charge in [0.05, 0.1) is 0 Å². The van der Waals surface area contributed by atoms with E-state index < -0.39 is 0 Å². The molecule has 1 fully saturated rings. The van der Waals surface area contributed by atoms with Crippen LogP contribution in [-0.2, 0) is 4.74 Å². The van der Waals surface area contributed by atoms with E-state index in [1.165, 1.54) is 0 Å². The molecular weight excluding hydrogens is 206 g/mol. The molecule has 5 nitrogen and oxygen atoms in total. The zero-order valence-electron chi connectivity index (χ0n) is 10.5. The molecule has 1 aliphatic rings. The summed E-state index contributed by atoms with van der Waals surface area (Å²) >= 11 is 0. The van der Waals surface area contributed by atoms with Gasteiger partial charge >= 0.3 is 6.09 Å². The predicted octanol–water partition coefficient (Wildman–Crippen LogP) is 0.368. The molecule has 16 heavy (non-hydrogen) atoms. The number of nitrogens with zero attached hydrogens (tertiary/aromatic N) is 2. The van der Waals surface area contributed by atoms with Crippen molar-refractivity contribution in [2.24, 2.45) is 0 Å². The normalized spacial score (nSPS) is 20.1. The summed E-state index contributed by atoms with van der Waals surface area (Å²) in [6, 6.07) is 0. The van der Waals surface area contributed by atoms with Gasteiger partial charge in [0, 0.05) is 20.1 Å². The number of hydrogen-bond donors (Lipinski definition) is 1. The van der Waals surface area contributed by atoms with Crippen molar-refractivity contribution in [1.29, 1.82) is 0 Å². The number of ether oxygens (including phenoxy) is 1. The first kappa shape index (κ1) is 13.3. The van der Waals surface area contributed by atoms with Crippen molar-refractivity contribution in [3.05, 3.63) is 0 Å². The van der Waals surface area contributed by atoms with Crippen molar-refractivity contribution in [3.8, 4) is 0 Å². The summed E-state index contributed by atoms with van der Waals surface area (Å²) < 4.78 is 5.34. The molecule has 1 rings (SSSR count). The van der Waals surface area contributed by atoms with E-state index in [4.69, 9.17) is 4.74 Å². The maximum atomic E-state index is 11.6. The van der Waals surface area contributed by atoms with E-state index in [-0.39, 0.29) is 12.2 Å². The second-order valence-electron chi connectivity index (χ2n) is 4.58. The Hall–Kier alpha value is -0.810. The molecule has 0 aromatic rings. The minimum absolute atomic E-state index is 0.0591. The minimum atomic E-state index is -0.201. The third kappa shape index (κ3) is 4.81. The van der Waals surface area contributed by atoms with Crippen LogP contribution in [0.5, 0.6) is 0 Å². The third-order valence-electron chi connectivity index (χ3n) is 2.69. The van der Waals surface area contributed by atoms with Crippen molar-refractivity contribution >= 4 is 6.09 Å². The Labute approximate surface area is 97.7 Å². The van der Waals surface area contributed by atoms with E-state index >= 15 is 0 Å². The predicted molar refractivity (Wildman–Crippen MR) is 63.6 cm³/mol. The molecule has 1 unspecified atom stereocenters. The van der Waals surface area contributed by atoms with Gasteiger partial charge in [0.15, 0.2) is 0 Å². The monoisotopic (exact) mass is 229 g/mol.